The number of hydrogen-bond acceptors (Lipinski definition) is 6. The summed E-state index contributed by atoms with van der Waals surface area (Å²) in [6.45, 7) is 1.27. The topological polar surface area (TPSA) is 117 Å². The molecule has 1 aromatic rings. The summed E-state index contributed by atoms with van der Waals surface area (Å²) in [7, 11) is -4.09. The zero-order chi connectivity index (χ0) is 16.9. The molecule has 1 aromatic carbocycles. The monoisotopic (exact) mass is 358 g/mol. The van der Waals surface area contributed by atoms with Crippen molar-refractivity contribution in [3.8, 4) is 0 Å². The Hall–Kier alpha value is -1.81. The van der Waals surface area contributed by atoms with Crippen LogP contribution in [0.4, 0.5) is 0 Å². The van der Waals surface area contributed by atoms with E-state index in [1.54, 1.807) is 0 Å². The standard InChI is InChI=1S/C13H11ClN2O6S/c1-6(17)12(18)16(13(19)8-5-22-8)11-10-7(14)3-2-4-9(10)23(20,21)15-11/h2-4,6,8,17H,5H2,1H3. The van der Waals surface area contributed by atoms with E-state index in [4.69, 9.17) is 16.3 Å². The molecule has 0 aliphatic carbocycles. The maximum Gasteiger partial charge on any atom is 0.285 e. The second-order valence-electron chi connectivity index (χ2n) is 5.01. The Morgan fingerprint density at radius 3 is 2.70 bits per heavy atom. The van der Waals surface area contributed by atoms with Gasteiger partial charge in [-0.3, -0.25) is 9.59 Å². The lowest BCUT2D eigenvalue weighted by Crippen LogP contribution is -2.48. The minimum atomic E-state index is -4.09. The summed E-state index contributed by atoms with van der Waals surface area (Å²) in [5, 5.41) is 9.55. The Labute approximate surface area is 136 Å². The Morgan fingerprint density at radius 2 is 2.13 bits per heavy atom. The fourth-order valence-corrected chi connectivity index (χ4v) is 3.66. The Morgan fingerprint density at radius 1 is 1.48 bits per heavy atom. The number of aliphatic hydroxyl groups excluding tert-OH is 1. The Kier molecular flexibility index (Phi) is 3.75. The van der Waals surface area contributed by atoms with Crippen LogP contribution in [-0.2, 0) is 24.3 Å². The van der Waals surface area contributed by atoms with Crippen molar-refractivity contribution >= 4 is 39.3 Å². The number of aliphatic hydroxyl groups is 1. The number of amidine groups is 1. The van der Waals surface area contributed by atoms with Crippen LogP contribution in [0.5, 0.6) is 0 Å². The Bertz CT molecular complexity index is 830. The third-order valence-electron chi connectivity index (χ3n) is 3.30. The number of nitrogens with zero attached hydrogens (tertiary/aromatic N) is 2. The van der Waals surface area contributed by atoms with Crippen LogP contribution >= 0.6 is 11.6 Å². The van der Waals surface area contributed by atoms with Gasteiger partial charge in [-0.15, -0.1) is 4.40 Å². The van der Waals surface area contributed by atoms with Crippen molar-refractivity contribution in [3.05, 3.63) is 28.8 Å². The van der Waals surface area contributed by atoms with Crippen molar-refractivity contribution in [2.75, 3.05) is 6.61 Å². The highest BCUT2D eigenvalue weighted by molar-refractivity contribution is 7.90. The van der Waals surface area contributed by atoms with E-state index in [2.05, 4.69) is 4.40 Å². The van der Waals surface area contributed by atoms with Crippen LogP contribution in [0.15, 0.2) is 27.5 Å². The second-order valence-corrected chi connectivity index (χ2v) is 6.99. The average molecular weight is 359 g/mol. The number of carbonyl (C=O) groups is 2. The van der Waals surface area contributed by atoms with Gasteiger partial charge in [-0.1, -0.05) is 17.7 Å². The van der Waals surface area contributed by atoms with Crippen LogP contribution in [-0.4, -0.2) is 54.9 Å². The summed E-state index contributed by atoms with van der Waals surface area (Å²) in [6.07, 6.45) is -2.40. The number of ether oxygens (including phenoxy) is 1. The molecular weight excluding hydrogens is 348 g/mol. The maximum absolute atomic E-state index is 12.3. The highest BCUT2D eigenvalue weighted by atomic mass is 35.5. The van der Waals surface area contributed by atoms with E-state index in [-0.39, 0.29) is 22.1 Å². The first-order valence-corrected chi connectivity index (χ1v) is 8.37. The van der Waals surface area contributed by atoms with Crippen molar-refractivity contribution in [3.63, 3.8) is 0 Å². The molecule has 0 bridgehead atoms. The fraction of sp³-hybridized carbons (Fsp3) is 0.308. The van der Waals surface area contributed by atoms with Crippen LogP contribution in [0.25, 0.3) is 0 Å². The van der Waals surface area contributed by atoms with E-state index >= 15 is 0 Å². The molecule has 0 radical (unpaired) electrons. The Balaban J connectivity index is 2.18. The lowest BCUT2D eigenvalue weighted by atomic mass is 10.1. The minimum Gasteiger partial charge on any atom is -0.384 e. The van der Waals surface area contributed by atoms with Gasteiger partial charge in [-0.05, 0) is 19.1 Å². The summed E-state index contributed by atoms with van der Waals surface area (Å²) in [6, 6.07) is 4.11. The normalized spacial score (nSPS) is 22.0. The first kappa shape index (κ1) is 16.1. The lowest BCUT2D eigenvalue weighted by Gasteiger charge is -2.21. The molecule has 1 fully saturated rings. The highest BCUT2D eigenvalue weighted by Gasteiger charge is 2.45. The van der Waals surface area contributed by atoms with Gasteiger partial charge in [0.15, 0.2) is 11.9 Å². The van der Waals surface area contributed by atoms with Gasteiger partial charge in [0.1, 0.15) is 11.0 Å². The van der Waals surface area contributed by atoms with Crippen LogP contribution in [0.2, 0.25) is 5.02 Å². The molecule has 2 atom stereocenters. The molecule has 10 heteroatoms. The van der Waals surface area contributed by atoms with Crippen molar-refractivity contribution in [2.24, 2.45) is 4.40 Å². The summed E-state index contributed by atoms with van der Waals surface area (Å²) >= 11 is 6.03. The van der Waals surface area contributed by atoms with Gasteiger partial charge < -0.3 is 9.84 Å². The highest BCUT2D eigenvalue weighted by Crippen LogP contribution is 2.34. The number of carbonyl (C=O) groups excluding carboxylic acids is 2. The number of benzene rings is 1. The summed E-state index contributed by atoms with van der Waals surface area (Å²) in [5.41, 5.74) is -0.0443. The summed E-state index contributed by atoms with van der Waals surface area (Å²) in [4.78, 5) is 24.9. The summed E-state index contributed by atoms with van der Waals surface area (Å²) < 4.78 is 32.6. The van der Waals surface area contributed by atoms with Crippen molar-refractivity contribution in [1.82, 2.24) is 4.90 Å². The molecule has 2 unspecified atom stereocenters. The average Bonchev–Trinajstić information content (AvgIpc) is 3.26. The molecule has 8 nitrogen and oxygen atoms in total. The quantitative estimate of drug-likeness (QED) is 0.739. The van der Waals surface area contributed by atoms with Crippen molar-refractivity contribution < 1.29 is 27.9 Å². The maximum atomic E-state index is 12.3. The number of rotatable bonds is 2. The van der Waals surface area contributed by atoms with E-state index < -0.39 is 39.9 Å². The van der Waals surface area contributed by atoms with E-state index in [1.807, 2.05) is 0 Å². The van der Waals surface area contributed by atoms with Crippen LogP contribution < -0.4 is 0 Å². The summed E-state index contributed by atoms with van der Waals surface area (Å²) in [5.74, 6) is -2.22. The molecule has 122 valence electrons. The third kappa shape index (κ3) is 2.65. The number of imide groups is 1. The predicted molar refractivity (Wildman–Crippen MR) is 78.4 cm³/mol. The zero-order valence-electron chi connectivity index (χ0n) is 11.8. The molecule has 2 amide bonds. The van der Waals surface area contributed by atoms with Gasteiger partial charge in [0.2, 0.25) is 0 Å². The number of halogens is 1. The van der Waals surface area contributed by atoms with Crippen molar-refractivity contribution in [2.45, 2.75) is 24.0 Å². The first-order valence-electron chi connectivity index (χ1n) is 6.55. The second kappa shape index (κ2) is 5.38. The SMILES string of the molecule is CC(O)C(=O)N(C(=O)C1CO1)C1=NS(=O)(=O)c2cccc(Cl)c21. The first-order chi connectivity index (χ1) is 10.7. The molecule has 0 saturated carbocycles. The van der Waals surface area contributed by atoms with Crippen molar-refractivity contribution in [1.29, 1.82) is 0 Å². The van der Waals surface area contributed by atoms with E-state index in [0.29, 0.717) is 4.90 Å². The smallest absolute Gasteiger partial charge is 0.285 e. The van der Waals surface area contributed by atoms with E-state index in [0.717, 1.165) is 6.92 Å². The zero-order valence-corrected chi connectivity index (χ0v) is 13.3. The number of sulfonamides is 1. The molecule has 23 heavy (non-hydrogen) atoms. The minimum absolute atomic E-state index is 0.0234. The van der Waals surface area contributed by atoms with Crippen LogP contribution in [0, 0.1) is 0 Å². The molecule has 2 aliphatic heterocycles. The largest absolute Gasteiger partial charge is 0.384 e. The molecule has 0 aromatic heterocycles. The number of hydrogen-bond donors (Lipinski definition) is 1. The van der Waals surface area contributed by atoms with Crippen LogP contribution in [0.3, 0.4) is 0 Å². The number of fused-ring (bicyclic) bond motifs is 1. The van der Waals surface area contributed by atoms with Gasteiger partial charge >= 0.3 is 0 Å². The van der Waals surface area contributed by atoms with E-state index in [1.165, 1.54) is 18.2 Å². The van der Waals surface area contributed by atoms with E-state index in [9.17, 15) is 23.1 Å². The third-order valence-corrected chi connectivity index (χ3v) is 4.93. The number of amides is 2. The molecular formula is C13H11ClN2O6S. The van der Waals surface area contributed by atoms with Gasteiger partial charge in [0.05, 0.1) is 17.2 Å². The molecule has 0 spiro atoms. The molecule has 2 aliphatic rings. The molecule has 2 heterocycles. The van der Waals surface area contributed by atoms with Crippen LogP contribution in [0.1, 0.15) is 12.5 Å². The molecule has 1 N–H and O–H groups in total. The van der Waals surface area contributed by atoms with Gasteiger partial charge in [-0.25, -0.2) is 4.90 Å². The van der Waals surface area contributed by atoms with Gasteiger partial charge in [0, 0.05) is 0 Å². The van der Waals surface area contributed by atoms with Gasteiger partial charge in [0.25, 0.3) is 21.8 Å². The molecule has 3 rings (SSSR count). The lowest BCUT2D eigenvalue weighted by molar-refractivity contribution is -0.145. The number of epoxide rings is 1. The molecule has 1 saturated heterocycles. The predicted octanol–water partition coefficient (Wildman–Crippen LogP) is -0.0763. The fourth-order valence-electron chi connectivity index (χ4n) is 2.14. The van der Waals surface area contributed by atoms with Gasteiger partial charge in [-0.2, -0.15) is 8.42 Å².